The number of benzene rings is 2. The van der Waals surface area contributed by atoms with Crippen LogP contribution in [0.1, 0.15) is 22.7 Å². The second-order valence-electron chi connectivity index (χ2n) is 5.57. The van der Waals surface area contributed by atoms with Crippen LogP contribution in [-0.4, -0.2) is 20.7 Å². The SMILES string of the molecule is CNC1c2ccccc2CC1S(=O)(=O)c1cccc(C)c1. The third-order valence-electron chi connectivity index (χ3n) is 4.21. The lowest BCUT2D eigenvalue weighted by atomic mass is 10.1. The zero-order chi connectivity index (χ0) is 15.0. The largest absolute Gasteiger partial charge is 0.312 e. The van der Waals surface area contributed by atoms with Crippen molar-refractivity contribution in [3.63, 3.8) is 0 Å². The number of rotatable bonds is 3. The van der Waals surface area contributed by atoms with Gasteiger partial charge in [-0.1, -0.05) is 36.4 Å². The Hall–Kier alpha value is -1.65. The third kappa shape index (κ3) is 2.39. The molecule has 0 saturated carbocycles. The fraction of sp³-hybridized carbons (Fsp3) is 0.294. The molecular weight excluding hydrogens is 282 g/mol. The van der Waals surface area contributed by atoms with Crippen LogP contribution in [0.25, 0.3) is 0 Å². The first-order valence-electron chi connectivity index (χ1n) is 7.09. The lowest BCUT2D eigenvalue weighted by molar-refractivity contribution is 0.536. The molecular formula is C17H19NO2S. The molecule has 4 heteroatoms. The van der Waals surface area contributed by atoms with E-state index in [1.807, 2.05) is 44.3 Å². The number of hydrogen-bond acceptors (Lipinski definition) is 3. The predicted octanol–water partition coefficient (Wildman–Crippen LogP) is 2.65. The van der Waals surface area contributed by atoms with Crippen molar-refractivity contribution in [3.05, 3.63) is 65.2 Å². The minimum Gasteiger partial charge on any atom is -0.312 e. The highest BCUT2D eigenvalue weighted by Gasteiger charge is 2.40. The summed E-state index contributed by atoms with van der Waals surface area (Å²) >= 11 is 0. The molecule has 0 heterocycles. The molecule has 2 aromatic carbocycles. The van der Waals surface area contributed by atoms with Gasteiger partial charge in [0.05, 0.1) is 10.1 Å². The molecule has 3 nitrogen and oxygen atoms in total. The Morgan fingerprint density at radius 2 is 1.86 bits per heavy atom. The van der Waals surface area contributed by atoms with Crippen LogP contribution in [-0.2, 0) is 16.3 Å². The monoisotopic (exact) mass is 301 g/mol. The maximum atomic E-state index is 13.0. The summed E-state index contributed by atoms with van der Waals surface area (Å²) in [6.45, 7) is 1.91. The van der Waals surface area contributed by atoms with Crippen LogP contribution in [0, 0.1) is 6.92 Å². The Balaban J connectivity index is 2.05. The number of sulfone groups is 1. The summed E-state index contributed by atoms with van der Waals surface area (Å²) in [4.78, 5) is 0.417. The van der Waals surface area contributed by atoms with E-state index in [9.17, 15) is 8.42 Å². The summed E-state index contributed by atoms with van der Waals surface area (Å²) in [7, 11) is -1.53. The topological polar surface area (TPSA) is 46.2 Å². The van der Waals surface area contributed by atoms with Gasteiger partial charge in [0, 0.05) is 6.04 Å². The molecule has 0 radical (unpaired) electrons. The maximum Gasteiger partial charge on any atom is 0.183 e. The van der Waals surface area contributed by atoms with Crippen molar-refractivity contribution in [2.24, 2.45) is 0 Å². The number of nitrogens with one attached hydrogen (secondary N) is 1. The average molecular weight is 301 g/mol. The van der Waals surface area contributed by atoms with Crippen LogP contribution in [0.2, 0.25) is 0 Å². The van der Waals surface area contributed by atoms with Crippen molar-refractivity contribution >= 4 is 9.84 Å². The van der Waals surface area contributed by atoms with Gasteiger partial charge >= 0.3 is 0 Å². The normalized spacial score (nSPS) is 21.2. The molecule has 0 amide bonds. The lowest BCUT2D eigenvalue weighted by Crippen LogP contribution is -2.33. The summed E-state index contributed by atoms with van der Waals surface area (Å²) in [5.74, 6) is 0. The van der Waals surface area contributed by atoms with Gasteiger partial charge < -0.3 is 5.32 Å². The summed E-state index contributed by atoms with van der Waals surface area (Å²) in [5, 5.41) is 2.74. The minimum atomic E-state index is -3.35. The van der Waals surface area contributed by atoms with E-state index < -0.39 is 15.1 Å². The van der Waals surface area contributed by atoms with Crippen LogP contribution >= 0.6 is 0 Å². The minimum absolute atomic E-state index is 0.147. The molecule has 0 saturated heterocycles. The lowest BCUT2D eigenvalue weighted by Gasteiger charge is -2.20. The second kappa shape index (κ2) is 5.28. The van der Waals surface area contributed by atoms with Crippen molar-refractivity contribution in [3.8, 4) is 0 Å². The Morgan fingerprint density at radius 3 is 2.57 bits per heavy atom. The number of aryl methyl sites for hydroxylation is 1. The first-order valence-corrected chi connectivity index (χ1v) is 8.64. The molecule has 1 N–H and O–H groups in total. The zero-order valence-electron chi connectivity index (χ0n) is 12.2. The average Bonchev–Trinajstić information content (AvgIpc) is 2.86. The van der Waals surface area contributed by atoms with E-state index in [-0.39, 0.29) is 6.04 Å². The predicted molar refractivity (Wildman–Crippen MR) is 84.1 cm³/mol. The van der Waals surface area contributed by atoms with E-state index in [1.165, 1.54) is 0 Å². The molecule has 0 bridgehead atoms. The third-order valence-corrected chi connectivity index (χ3v) is 6.36. The smallest absolute Gasteiger partial charge is 0.183 e. The molecule has 0 fully saturated rings. The van der Waals surface area contributed by atoms with Gasteiger partial charge in [0.25, 0.3) is 0 Å². The van der Waals surface area contributed by atoms with Crippen LogP contribution < -0.4 is 5.32 Å². The summed E-state index contributed by atoms with van der Waals surface area (Å²) < 4.78 is 26.0. The molecule has 3 rings (SSSR count). The van der Waals surface area contributed by atoms with E-state index in [4.69, 9.17) is 0 Å². The van der Waals surface area contributed by atoms with Gasteiger partial charge in [0.1, 0.15) is 0 Å². The molecule has 110 valence electrons. The summed E-state index contributed by atoms with van der Waals surface area (Å²) in [6, 6.07) is 15.0. The molecule has 2 unspecified atom stereocenters. The molecule has 2 atom stereocenters. The molecule has 0 spiro atoms. The van der Waals surface area contributed by atoms with Gasteiger partial charge in [0.15, 0.2) is 9.84 Å². The van der Waals surface area contributed by atoms with Crippen molar-refractivity contribution in [1.29, 1.82) is 0 Å². The van der Waals surface area contributed by atoms with Crippen molar-refractivity contribution in [2.75, 3.05) is 7.05 Å². The van der Waals surface area contributed by atoms with Crippen molar-refractivity contribution in [2.45, 2.75) is 29.5 Å². The van der Waals surface area contributed by atoms with Gasteiger partial charge in [-0.3, -0.25) is 0 Å². The highest BCUT2D eigenvalue weighted by molar-refractivity contribution is 7.92. The van der Waals surface area contributed by atoms with Crippen LogP contribution in [0.4, 0.5) is 0 Å². The van der Waals surface area contributed by atoms with Crippen LogP contribution in [0.15, 0.2) is 53.4 Å². The standard InChI is InChI=1S/C17H19NO2S/c1-12-6-5-8-14(10-12)21(19,20)16-11-13-7-3-4-9-15(13)17(16)18-2/h3-10,16-18H,11H2,1-2H3. The van der Waals surface area contributed by atoms with Gasteiger partial charge in [-0.15, -0.1) is 0 Å². The van der Waals surface area contributed by atoms with Gasteiger partial charge in [-0.2, -0.15) is 0 Å². The number of hydrogen-bond donors (Lipinski definition) is 1. The number of fused-ring (bicyclic) bond motifs is 1. The summed E-state index contributed by atoms with van der Waals surface area (Å²) in [6.07, 6.45) is 0.567. The van der Waals surface area contributed by atoms with Crippen LogP contribution in [0.3, 0.4) is 0 Å². The summed E-state index contributed by atoms with van der Waals surface area (Å²) in [5.41, 5.74) is 3.19. The highest BCUT2D eigenvalue weighted by Crippen LogP contribution is 2.37. The molecule has 0 aromatic heterocycles. The van der Waals surface area contributed by atoms with E-state index in [1.54, 1.807) is 18.2 Å². The quantitative estimate of drug-likeness (QED) is 0.948. The molecule has 2 aromatic rings. The fourth-order valence-corrected chi connectivity index (χ4v) is 5.16. The molecule has 0 aliphatic heterocycles. The van der Waals surface area contributed by atoms with Crippen molar-refractivity contribution < 1.29 is 8.42 Å². The maximum absolute atomic E-state index is 13.0. The van der Waals surface area contributed by atoms with Gasteiger partial charge in [0.2, 0.25) is 0 Å². The second-order valence-corrected chi connectivity index (χ2v) is 7.74. The fourth-order valence-electron chi connectivity index (χ4n) is 3.16. The van der Waals surface area contributed by atoms with E-state index in [2.05, 4.69) is 5.32 Å². The highest BCUT2D eigenvalue weighted by atomic mass is 32.2. The zero-order valence-corrected chi connectivity index (χ0v) is 13.0. The van der Waals surface area contributed by atoms with Crippen LogP contribution in [0.5, 0.6) is 0 Å². The van der Waals surface area contributed by atoms with Crippen molar-refractivity contribution in [1.82, 2.24) is 5.32 Å². The Labute approximate surface area is 125 Å². The van der Waals surface area contributed by atoms with E-state index >= 15 is 0 Å². The first kappa shape index (κ1) is 14.3. The Bertz CT molecular complexity index is 768. The molecule has 21 heavy (non-hydrogen) atoms. The molecule has 1 aliphatic rings. The first-order chi connectivity index (χ1) is 10.0. The van der Waals surface area contributed by atoms with Gasteiger partial charge in [-0.25, -0.2) is 8.42 Å². The molecule has 1 aliphatic carbocycles. The Kier molecular flexibility index (Phi) is 3.59. The van der Waals surface area contributed by atoms with E-state index in [0.29, 0.717) is 11.3 Å². The van der Waals surface area contributed by atoms with Gasteiger partial charge in [-0.05, 0) is 49.2 Å². The Morgan fingerprint density at radius 1 is 1.10 bits per heavy atom. The van der Waals surface area contributed by atoms with E-state index in [0.717, 1.165) is 16.7 Å².